The van der Waals surface area contributed by atoms with E-state index < -0.39 is 74.6 Å². The second-order valence-corrected chi connectivity index (χ2v) is 7.33. The summed E-state index contributed by atoms with van der Waals surface area (Å²) >= 11 is 0. The van der Waals surface area contributed by atoms with Crippen molar-refractivity contribution >= 4 is 0 Å². The number of benzene rings is 1. The van der Waals surface area contributed by atoms with Crippen molar-refractivity contribution in [3.63, 3.8) is 0 Å². The summed E-state index contributed by atoms with van der Waals surface area (Å²) in [6, 6.07) is 8.97. The van der Waals surface area contributed by atoms with Gasteiger partial charge in [0.15, 0.2) is 6.29 Å². The Hall–Kier alpha value is -1.22. The van der Waals surface area contributed by atoms with Crippen LogP contribution >= 0.6 is 0 Å². The fourth-order valence-electron chi connectivity index (χ4n) is 3.60. The molecule has 7 N–H and O–H groups in total. The van der Waals surface area contributed by atoms with Crippen LogP contribution in [0.25, 0.3) is 0 Å². The zero-order chi connectivity index (χ0) is 21.9. The molecule has 11 heteroatoms. The number of rotatable bonds is 8. The second kappa shape index (κ2) is 9.94. The minimum atomic E-state index is -2.06. The third-order valence-electron chi connectivity index (χ3n) is 5.31. The smallest absolute Gasteiger partial charge is 0.224 e. The third-order valence-corrected chi connectivity index (χ3v) is 5.31. The van der Waals surface area contributed by atoms with Crippen molar-refractivity contribution in [1.82, 2.24) is 0 Å². The molecule has 2 saturated heterocycles. The molecule has 0 aliphatic carbocycles. The SMILES string of the molecule is OC[C@H]1O[C@@](CO)(O[C@H]2O[C@H](CO)[C@@H](O)[C@H](O)[C@H]2O)[C@@H](OCc2ccccc2)[C@@H]1O. The highest BCUT2D eigenvalue weighted by atomic mass is 16.8. The van der Waals surface area contributed by atoms with Gasteiger partial charge in [0, 0.05) is 0 Å². The number of aliphatic hydroxyl groups excluding tert-OH is 7. The Morgan fingerprint density at radius 3 is 2.10 bits per heavy atom. The van der Waals surface area contributed by atoms with Crippen LogP contribution in [0.15, 0.2) is 30.3 Å². The molecule has 3 rings (SSSR count). The predicted molar refractivity (Wildman–Crippen MR) is 97.7 cm³/mol. The Labute approximate surface area is 172 Å². The Morgan fingerprint density at radius 1 is 0.833 bits per heavy atom. The maximum Gasteiger partial charge on any atom is 0.224 e. The molecule has 1 aromatic rings. The van der Waals surface area contributed by atoms with Gasteiger partial charge in [0.05, 0.1) is 19.8 Å². The lowest BCUT2D eigenvalue weighted by atomic mass is 9.99. The van der Waals surface area contributed by atoms with Gasteiger partial charge in [-0.25, -0.2) is 0 Å². The normalized spacial score (nSPS) is 41.8. The highest BCUT2D eigenvalue weighted by Crippen LogP contribution is 2.38. The van der Waals surface area contributed by atoms with Crippen molar-refractivity contribution in [1.29, 1.82) is 0 Å². The van der Waals surface area contributed by atoms with Crippen LogP contribution in [0.2, 0.25) is 0 Å². The molecule has 0 radical (unpaired) electrons. The fraction of sp³-hybridized carbons (Fsp3) is 0.684. The minimum Gasteiger partial charge on any atom is -0.394 e. The molecule has 1 aromatic carbocycles. The highest BCUT2D eigenvalue weighted by Gasteiger charge is 2.59. The molecule has 2 aliphatic rings. The van der Waals surface area contributed by atoms with E-state index in [1.165, 1.54) is 0 Å². The lowest BCUT2D eigenvalue weighted by Crippen LogP contribution is -2.62. The maximum atomic E-state index is 10.5. The first-order chi connectivity index (χ1) is 14.4. The first-order valence-corrected chi connectivity index (χ1v) is 9.58. The van der Waals surface area contributed by atoms with E-state index in [9.17, 15) is 35.7 Å². The van der Waals surface area contributed by atoms with E-state index in [-0.39, 0.29) is 6.61 Å². The Bertz CT molecular complexity index is 659. The summed E-state index contributed by atoms with van der Waals surface area (Å²) in [7, 11) is 0. The van der Waals surface area contributed by atoms with E-state index in [4.69, 9.17) is 18.9 Å². The number of ether oxygens (including phenoxy) is 4. The van der Waals surface area contributed by atoms with Crippen molar-refractivity contribution in [2.24, 2.45) is 0 Å². The standard InChI is InChI=1S/C19H28O11/c20-6-11-13(23)15(25)16(26)18(28-11)30-19(9-22)17(14(24)12(7-21)29-19)27-8-10-4-2-1-3-5-10/h1-5,11-18,20-26H,6-9H2/t11-,12-,13-,14-,15+,16-,17+,18-,19+/m1/s1. The van der Waals surface area contributed by atoms with Crippen molar-refractivity contribution in [2.75, 3.05) is 19.8 Å². The van der Waals surface area contributed by atoms with E-state index in [1.807, 2.05) is 6.07 Å². The summed E-state index contributed by atoms with van der Waals surface area (Å²) < 4.78 is 22.2. The Balaban J connectivity index is 1.81. The van der Waals surface area contributed by atoms with Crippen LogP contribution in [-0.4, -0.2) is 110 Å². The molecular weight excluding hydrogens is 404 g/mol. The van der Waals surface area contributed by atoms with Crippen molar-refractivity contribution in [3.8, 4) is 0 Å². The molecule has 11 nitrogen and oxygen atoms in total. The summed E-state index contributed by atoms with van der Waals surface area (Å²) in [5.74, 6) is -2.06. The molecule has 0 unspecified atom stereocenters. The van der Waals surface area contributed by atoms with Gasteiger partial charge in [0.1, 0.15) is 49.3 Å². The molecule has 0 spiro atoms. The van der Waals surface area contributed by atoms with Gasteiger partial charge in [-0.3, -0.25) is 0 Å². The minimum absolute atomic E-state index is 0.0177. The Kier molecular flexibility index (Phi) is 7.76. The average Bonchev–Trinajstić information content (AvgIpc) is 3.04. The molecule has 2 aliphatic heterocycles. The van der Waals surface area contributed by atoms with Crippen LogP contribution in [0.1, 0.15) is 5.56 Å². The molecule has 0 aromatic heterocycles. The highest BCUT2D eigenvalue weighted by molar-refractivity contribution is 5.13. The molecule has 9 atom stereocenters. The summed E-state index contributed by atoms with van der Waals surface area (Å²) in [6.45, 7) is -2.11. The van der Waals surface area contributed by atoms with Gasteiger partial charge >= 0.3 is 0 Å². The first-order valence-electron chi connectivity index (χ1n) is 9.58. The van der Waals surface area contributed by atoms with E-state index >= 15 is 0 Å². The zero-order valence-corrected chi connectivity index (χ0v) is 16.1. The van der Waals surface area contributed by atoms with Gasteiger partial charge in [-0.05, 0) is 5.56 Å². The van der Waals surface area contributed by atoms with Gasteiger partial charge in [-0.2, -0.15) is 0 Å². The third kappa shape index (κ3) is 4.52. The number of aliphatic hydroxyl groups is 7. The number of hydrogen-bond donors (Lipinski definition) is 7. The van der Waals surface area contributed by atoms with Crippen molar-refractivity contribution in [2.45, 2.75) is 61.4 Å². The maximum absolute atomic E-state index is 10.5. The quantitative estimate of drug-likeness (QED) is 0.220. The monoisotopic (exact) mass is 432 g/mol. The van der Waals surface area contributed by atoms with E-state index in [0.717, 1.165) is 5.56 Å². The largest absolute Gasteiger partial charge is 0.394 e. The molecular formula is C19H28O11. The molecule has 0 amide bonds. The Morgan fingerprint density at radius 2 is 1.50 bits per heavy atom. The number of hydrogen-bond acceptors (Lipinski definition) is 11. The average molecular weight is 432 g/mol. The van der Waals surface area contributed by atoms with Gasteiger partial charge in [0.25, 0.3) is 0 Å². The first kappa shape index (κ1) is 23.4. The van der Waals surface area contributed by atoms with Gasteiger partial charge in [-0.1, -0.05) is 30.3 Å². The zero-order valence-electron chi connectivity index (χ0n) is 16.1. The van der Waals surface area contributed by atoms with Gasteiger partial charge < -0.3 is 54.7 Å². The molecule has 30 heavy (non-hydrogen) atoms. The lowest BCUT2D eigenvalue weighted by Gasteiger charge is -2.43. The molecule has 2 fully saturated rings. The van der Waals surface area contributed by atoms with E-state index in [2.05, 4.69) is 0 Å². The molecule has 170 valence electrons. The van der Waals surface area contributed by atoms with Gasteiger partial charge in [0.2, 0.25) is 5.79 Å². The van der Waals surface area contributed by atoms with Crippen molar-refractivity contribution in [3.05, 3.63) is 35.9 Å². The predicted octanol–water partition coefficient (Wildman–Crippen LogP) is -3.17. The van der Waals surface area contributed by atoms with Crippen molar-refractivity contribution < 1.29 is 54.7 Å². The van der Waals surface area contributed by atoms with E-state index in [0.29, 0.717) is 0 Å². The fourth-order valence-corrected chi connectivity index (χ4v) is 3.60. The summed E-state index contributed by atoms with van der Waals surface area (Å²) in [5.41, 5.74) is 0.761. The summed E-state index contributed by atoms with van der Waals surface area (Å²) in [4.78, 5) is 0. The summed E-state index contributed by atoms with van der Waals surface area (Å²) in [6.07, 6.45) is -11.8. The molecule has 2 heterocycles. The van der Waals surface area contributed by atoms with Crippen LogP contribution in [0.3, 0.4) is 0 Å². The molecule has 0 bridgehead atoms. The van der Waals surface area contributed by atoms with E-state index in [1.54, 1.807) is 24.3 Å². The van der Waals surface area contributed by atoms with Crippen LogP contribution in [0.5, 0.6) is 0 Å². The topological polar surface area (TPSA) is 179 Å². The summed E-state index contributed by atoms with van der Waals surface area (Å²) in [5, 5.41) is 69.6. The van der Waals surface area contributed by atoms with Crippen LogP contribution in [0.4, 0.5) is 0 Å². The molecule has 0 saturated carbocycles. The van der Waals surface area contributed by atoms with Crippen LogP contribution < -0.4 is 0 Å². The van der Waals surface area contributed by atoms with Gasteiger partial charge in [-0.15, -0.1) is 0 Å². The van der Waals surface area contributed by atoms with Crippen LogP contribution in [-0.2, 0) is 25.6 Å². The van der Waals surface area contributed by atoms with Crippen LogP contribution in [0, 0.1) is 0 Å². The second-order valence-electron chi connectivity index (χ2n) is 7.33. The lowest BCUT2D eigenvalue weighted by molar-refractivity contribution is -0.386.